The number of benzene rings is 2. The molecule has 0 bridgehead atoms. The molecule has 0 fully saturated rings. The third-order valence-electron chi connectivity index (χ3n) is 4.93. The van der Waals surface area contributed by atoms with Crippen LogP contribution in [-0.4, -0.2) is 47.2 Å². The number of nitrogens with zero attached hydrogens (tertiary/aromatic N) is 1. The second-order valence-corrected chi connectivity index (χ2v) is 7.07. The summed E-state index contributed by atoms with van der Waals surface area (Å²) in [7, 11) is 4.73. The Labute approximate surface area is 210 Å². The van der Waals surface area contributed by atoms with Crippen LogP contribution >= 0.6 is 24.0 Å². The van der Waals surface area contributed by atoms with Gasteiger partial charge in [0.15, 0.2) is 24.3 Å². The zero-order chi connectivity index (χ0) is 22.9. The minimum absolute atomic E-state index is 0. The molecule has 2 N–H and O–H groups in total. The minimum atomic E-state index is -0.296. The van der Waals surface area contributed by atoms with Gasteiger partial charge in [-0.2, -0.15) is 0 Å². The van der Waals surface area contributed by atoms with Gasteiger partial charge in [0, 0.05) is 18.7 Å². The number of nitrogens with one attached hydrogen (secondary N) is 2. The molecule has 0 saturated carbocycles. The Morgan fingerprint density at radius 2 is 1.79 bits per heavy atom. The van der Waals surface area contributed by atoms with Crippen LogP contribution < -0.4 is 29.6 Å². The average molecular weight is 575 g/mol. The van der Waals surface area contributed by atoms with Crippen LogP contribution in [0.5, 0.6) is 23.0 Å². The van der Waals surface area contributed by atoms with E-state index in [1.165, 1.54) is 12.1 Å². The molecule has 0 saturated heterocycles. The summed E-state index contributed by atoms with van der Waals surface area (Å²) < 4.78 is 41.0. The van der Waals surface area contributed by atoms with Crippen LogP contribution in [0.2, 0.25) is 0 Å². The first kappa shape index (κ1) is 26.8. The minimum Gasteiger partial charge on any atom is -0.493 e. The lowest BCUT2D eigenvalue weighted by Crippen LogP contribution is -2.38. The number of guanidine groups is 1. The summed E-state index contributed by atoms with van der Waals surface area (Å²) in [5.41, 5.74) is 2.44. The van der Waals surface area contributed by atoms with Crippen molar-refractivity contribution in [3.63, 3.8) is 0 Å². The van der Waals surface area contributed by atoms with E-state index in [1.54, 1.807) is 21.3 Å². The fraction of sp³-hybridized carbons (Fsp3) is 0.435. The maximum Gasteiger partial charge on any atom is 0.203 e. The molecule has 0 aliphatic carbocycles. The molecule has 8 nitrogen and oxygen atoms in total. The molecule has 182 valence electrons. The first-order valence-electron chi connectivity index (χ1n) is 10.4. The lowest BCUT2D eigenvalue weighted by molar-refractivity contribution is -0.0172. The Kier molecular flexibility index (Phi) is 10.8. The van der Waals surface area contributed by atoms with E-state index in [2.05, 4.69) is 15.6 Å². The zero-order valence-corrected chi connectivity index (χ0v) is 21.7. The van der Waals surface area contributed by atoms with Gasteiger partial charge < -0.3 is 34.3 Å². The van der Waals surface area contributed by atoms with Gasteiger partial charge in [-0.25, -0.2) is 9.38 Å². The summed E-state index contributed by atoms with van der Waals surface area (Å²) >= 11 is 0. The van der Waals surface area contributed by atoms with E-state index >= 15 is 0 Å². The van der Waals surface area contributed by atoms with Gasteiger partial charge in [0.05, 0.1) is 34.5 Å². The molecule has 2 aromatic carbocycles. The highest BCUT2D eigenvalue weighted by molar-refractivity contribution is 14.0. The van der Waals surface area contributed by atoms with Gasteiger partial charge >= 0.3 is 0 Å². The normalized spacial score (nSPS) is 12.7. The molecule has 1 heterocycles. The Balaban J connectivity index is 0.00000385. The van der Waals surface area contributed by atoms with Crippen LogP contribution in [0.1, 0.15) is 23.6 Å². The SMILES string of the molecule is CCNC(=NCc1cc(OC)c(OC)c(OC)c1)NCCc1cc(F)cc2c1OCOC2.I. The van der Waals surface area contributed by atoms with Crippen molar-refractivity contribution in [1.29, 1.82) is 0 Å². The van der Waals surface area contributed by atoms with Crippen LogP contribution in [-0.2, 0) is 24.3 Å². The monoisotopic (exact) mass is 575 g/mol. The molecule has 0 atom stereocenters. The van der Waals surface area contributed by atoms with E-state index < -0.39 is 0 Å². The Morgan fingerprint density at radius 3 is 2.42 bits per heavy atom. The molecular weight excluding hydrogens is 544 g/mol. The summed E-state index contributed by atoms with van der Waals surface area (Å²) in [5.74, 6) is 2.76. The number of ether oxygens (including phenoxy) is 5. The van der Waals surface area contributed by atoms with Crippen LogP contribution in [0.15, 0.2) is 29.3 Å². The Hall–Kier alpha value is -2.47. The smallest absolute Gasteiger partial charge is 0.203 e. The summed E-state index contributed by atoms with van der Waals surface area (Å²) in [6, 6.07) is 6.69. The number of hydrogen-bond acceptors (Lipinski definition) is 6. The highest BCUT2D eigenvalue weighted by atomic mass is 127. The van der Waals surface area contributed by atoms with E-state index in [9.17, 15) is 4.39 Å². The van der Waals surface area contributed by atoms with Crippen LogP contribution in [0.4, 0.5) is 4.39 Å². The van der Waals surface area contributed by atoms with E-state index in [0.29, 0.717) is 61.6 Å². The lowest BCUT2D eigenvalue weighted by Gasteiger charge is -2.21. The summed E-state index contributed by atoms with van der Waals surface area (Å²) in [6.45, 7) is 4.19. The largest absolute Gasteiger partial charge is 0.493 e. The van der Waals surface area contributed by atoms with Crippen LogP contribution in [0.25, 0.3) is 0 Å². The maximum atomic E-state index is 14.0. The maximum absolute atomic E-state index is 14.0. The molecule has 1 aliphatic rings. The first-order chi connectivity index (χ1) is 15.6. The number of halogens is 2. The molecule has 3 rings (SSSR count). The summed E-state index contributed by atoms with van der Waals surface area (Å²) in [5, 5.41) is 6.51. The fourth-order valence-corrected chi connectivity index (χ4v) is 3.50. The summed E-state index contributed by atoms with van der Waals surface area (Å²) in [4.78, 5) is 4.64. The van der Waals surface area contributed by atoms with E-state index in [-0.39, 0.29) is 36.6 Å². The lowest BCUT2D eigenvalue weighted by atomic mass is 10.1. The van der Waals surface area contributed by atoms with Gasteiger partial charge in [-0.1, -0.05) is 0 Å². The van der Waals surface area contributed by atoms with Crippen molar-refractivity contribution in [3.05, 3.63) is 46.8 Å². The van der Waals surface area contributed by atoms with Gasteiger partial charge in [-0.3, -0.25) is 0 Å². The number of methoxy groups -OCH3 is 3. The van der Waals surface area contributed by atoms with Crippen molar-refractivity contribution in [3.8, 4) is 23.0 Å². The van der Waals surface area contributed by atoms with Gasteiger partial charge in [-0.05, 0) is 48.7 Å². The Morgan fingerprint density at radius 1 is 1.06 bits per heavy atom. The van der Waals surface area contributed by atoms with Crippen molar-refractivity contribution < 1.29 is 28.1 Å². The molecule has 0 radical (unpaired) electrons. The summed E-state index contributed by atoms with van der Waals surface area (Å²) in [6.07, 6.45) is 0.578. The molecule has 33 heavy (non-hydrogen) atoms. The second kappa shape index (κ2) is 13.3. The average Bonchev–Trinajstić information content (AvgIpc) is 2.81. The predicted molar refractivity (Wildman–Crippen MR) is 135 cm³/mol. The van der Waals surface area contributed by atoms with Gasteiger partial charge in [-0.15, -0.1) is 24.0 Å². The molecule has 1 aliphatic heterocycles. The fourth-order valence-electron chi connectivity index (χ4n) is 3.50. The predicted octanol–water partition coefficient (Wildman–Crippen LogP) is 3.63. The molecule has 0 aromatic heterocycles. The van der Waals surface area contributed by atoms with Crippen molar-refractivity contribution >= 4 is 29.9 Å². The molecular formula is C23H31FIN3O5. The number of hydrogen-bond donors (Lipinski definition) is 2. The topological polar surface area (TPSA) is 82.6 Å². The molecule has 0 amide bonds. The van der Waals surface area contributed by atoms with Crippen LogP contribution in [0.3, 0.4) is 0 Å². The zero-order valence-electron chi connectivity index (χ0n) is 19.3. The van der Waals surface area contributed by atoms with Crippen molar-refractivity contribution in [2.45, 2.75) is 26.5 Å². The molecule has 0 spiro atoms. The van der Waals surface area contributed by atoms with Gasteiger partial charge in [0.2, 0.25) is 5.75 Å². The highest BCUT2D eigenvalue weighted by Crippen LogP contribution is 2.38. The molecule has 2 aromatic rings. The third-order valence-corrected chi connectivity index (χ3v) is 4.93. The Bertz CT molecular complexity index is 933. The van der Waals surface area contributed by atoms with Gasteiger partial charge in [0.25, 0.3) is 0 Å². The number of fused-ring (bicyclic) bond motifs is 1. The number of aliphatic imine (C=N–C) groups is 1. The second-order valence-electron chi connectivity index (χ2n) is 7.07. The molecule has 0 unspecified atom stereocenters. The van der Waals surface area contributed by atoms with Gasteiger partial charge in [0.1, 0.15) is 11.6 Å². The van der Waals surface area contributed by atoms with Crippen molar-refractivity contribution in [2.75, 3.05) is 41.2 Å². The quantitative estimate of drug-likeness (QED) is 0.269. The first-order valence-corrected chi connectivity index (χ1v) is 10.4. The van der Waals surface area contributed by atoms with Crippen molar-refractivity contribution in [2.24, 2.45) is 4.99 Å². The standard InChI is InChI=1S/C23H30FN3O5.HI/c1-5-25-23(27-12-15-8-19(28-2)22(30-4)20(9-15)29-3)26-7-6-16-10-18(24)11-17-13-31-14-32-21(16)17;/h8-11H,5-7,12-14H2,1-4H3,(H2,25,26,27);1H. The van der Waals surface area contributed by atoms with E-state index in [1.807, 2.05) is 19.1 Å². The highest BCUT2D eigenvalue weighted by Gasteiger charge is 2.17. The third kappa shape index (κ3) is 7.00. The number of rotatable bonds is 9. The van der Waals surface area contributed by atoms with E-state index in [4.69, 9.17) is 23.7 Å². The van der Waals surface area contributed by atoms with E-state index in [0.717, 1.165) is 16.7 Å². The van der Waals surface area contributed by atoms with Crippen molar-refractivity contribution in [1.82, 2.24) is 10.6 Å². The van der Waals surface area contributed by atoms with Crippen LogP contribution in [0, 0.1) is 5.82 Å². The molecule has 10 heteroatoms.